The molecule has 1 aliphatic carbocycles. The van der Waals surface area contributed by atoms with Crippen LogP contribution in [0.15, 0.2) is 0 Å². The predicted octanol–water partition coefficient (Wildman–Crippen LogP) is 0.956. The Morgan fingerprint density at radius 2 is 2.00 bits per heavy atom. The van der Waals surface area contributed by atoms with Gasteiger partial charge in [-0.15, -0.1) is 0 Å². The van der Waals surface area contributed by atoms with Gasteiger partial charge in [-0.25, -0.2) is 0 Å². The summed E-state index contributed by atoms with van der Waals surface area (Å²) in [4.78, 5) is 14.1. The molecule has 1 saturated heterocycles. The molecule has 0 radical (unpaired) electrons. The van der Waals surface area contributed by atoms with Crippen LogP contribution in [0.25, 0.3) is 0 Å². The van der Waals surface area contributed by atoms with Crippen LogP contribution < -0.4 is 0 Å². The Hall–Kier alpha value is -0.410. The van der Waals surface area contributed by atoms with Gasteiger partial charge in [0, 0.05) is 19.5 Å². The predicted molar refractivity (Wildman–Crippen MR) is 54.1 cm³/mol. The van der Waals surface area contributed by atoms with E-state index in [1.807, 2.05) is 0 Å². The Balaban J connectivity index is 2.13. The topological polar surface area (TPSA) is 40.5 Å². The first-order chi connectivity index (χ1) is 6.79. The summed E-state index contributed by atoms with van der Waals surface area (Å²) in [6, 6.07) is 0. The highest BCUT2D eigenvalue weighted by Gasteiger charge is 2.47. The van der Waals surface area contributed by atoms with Crippen LogP contribution in [-0.2, 0) is 4.79 Å². The summed E-state index contributed by atoms with van der Waals surface area (Å²) in [5.41, 5.74) is -0.166. The average Bonchev–Trinajstić information content (AvgIpc) is 2.49. The first kappa shape index (κ1) is 10.1. The van der Waals surface area contributed by atoms with Gasteiger partial charge < -0.3 is 5.11 Å². The van der Waals surface area contributed by atoms with Crippen LogP contribution in [0.5, 0.6) is 0 Å². The Labute approximate surface area is 85.1 Å². The zero-order valence-corrected chi connectivity index (χ0v) is 8.67. The van der Waals surface area contributed by atoms with E-state index in [2.05, 4.69) is 4.90 Å². The van der Waals surface area contributed by atoms with Crippen LogP contribution in [0.1, 0.15) is 38.5 Å². The molecule has 0 bridgehead atoms. The number of β-amino-alcohol motifs (C(OH)–C–C–N with tert-alkyl or cyclic N) is 1. The second-order valence-corrected chi connectivity index (χ2v) is 4.48. The lowest BCUT2D eigenvalue weighted by atomic mass is 9.79. The Kier molecular flexibility index (Phi) is 2.88. The van der Waals surface area contributed by atoms with Gasteiger partial charge in [-0.05, 0) is 12.8 Å². The van der Waals surface area contributed by atoms with Crippen molar-refractivity contribution in [3.63, 3.8) is 0 Å². The lowest BCUT2D eigenvalue weighted by Gasteiger charge is -2.39. The molecule has 0 aromatic heterocycles. The lowest BCUT2D eigenvalue weighted by Crippen LogP contribution is -2.50. The summed E-state index contributed by atoms with van der Waals surface area (Å²) in [6.45, 7) is 1.71. The van der Waals surface area contributed by atoms with Gasteiger partial charge in [0.1, 0.15) is 0 Å². The number of likely N-dealkylation sites (tertiary alicyclic amines) is 1. The number of hydrogen-bond donors (Lipinski definition) is 1. The first-order valence-electron chi connectivity index (χ1n) is 5.69. The summed E-state index contributed by atoms with van der Waals surface area (Å²) in [6.07, 6.45) is 6.35. The fourth-order valence-corrected chi connectivity index (χ4v) is 3.04. The van der Waals surface area contributed by atoms with E-state index in [9.17, 15) is 4.79 Å². The Morgan fingerprint density at radius 3 is 2.64 bits per heavy atom. The monoisotopic (exact) mass is 197 g/mol. The number of carbonyl (C=O) groups excluding carboxylic acids is 1. The molecule has 1 aliphatic heterocycles. The van der Waals surface area contributed by atoms with Gasteiger partial charge in [0.15, 0.2) is 5.78 Å². The second kappa shape index (κ2) is 3.99. The van der Waals surface area contributed by atoms with Crippen molar-refractivity contribution < 1.29 is 9.90 Å². The number of rotatable bonds is 2. The molecule has 1 spiro atoms. The van der Waals surface area contributed by atoms with Gasteiger partial charge in [-0.2, -0.15) is 0 Å². The zero-order chi connectivity index (χ0) is 10.0. The van der Waals surface area contributed by atoms with Crippen molar-refractivity contribution >= 4 is 5.78 Å². The van der Waals surface area contributed by atoms with Gasteiger partial charge >= 0.3 is 0 Å². The molecule has 2 aliphatic rings. The molecule has 0 amide bonds. The number of Topliss-reactive ketones (excluding diaryl/α,β-unsaturated/α-hetero) is 1. The van der Waals surface area contributed by atoms with Crippen LogP contribution in [-0.4, -0.2) is 41.0 Å². The molecule has 1 saturated carbocycles. The quantitative estimate of drug-likeness (QED) is 0.716. The van der Waals surface area contributed by atoms with Crippen molar-refractivity contribution in [1.29, 1.82) is 0 Å². The van der Waals surface area contributed by atoms with Crippen LogP contribution >= 0.6 is 0 Å². The van der Waals surface area contributed by atoms with Gasteiger partial charge in [-0.1, -0.05) is 19.3 Å². The number of aliphatic hydroxyl groups excluding tert-OH is 1. The summed E-state index contributed by atoms with van der Waals surface area (Å²) < 4.78 is 0. The highest BCUT2D eigenvalue weighted by atomic mass is 16.3. The van der Waals surface area contributed by atoms with Gasteiger partial charge in [0.05, 0.1) is 12.1 Å². The SMILES string of the molecule is O=C1CCN(CCO)C12CCCCC2. The third kappa shape index (κ3) is 1.48. The molecule has 0 unspecified atom stereocenters. The van der Waals surface area contributed by atoms with Crippen LogP contribution in [0.3, 0.4) is 0 Å². The normalized spacial score (nSPS) is 27.4. The van der Waals surface area contributed by atoms with E-state index in [1.54, 1.807) is 0 Å². The van der Waals surface area contributed by atoms with Gasteiger partial charge in [0.25, 0.3) is 0 Å². The molecule has 0 aromatic rings. The minimum absolute atomic E-state index is 0.166. The summed E-state index contributed by atoms with van der Waals surface area (Å²) >= 11 is 0. The van der Waals surface area contributed by atoms with Crippen molar-refractivity contribution in [1.82, 2.24) is 4.90 Å². The molecule has 3 nitrogen and oxygen atoms in total. The molecular weight excluding hydrogens is 178 g/mol. The largest absolute Gasteiger partial charge is 0.395 e. The van der Waals surface area contributed by atoms with Gasteiger partial charge in [0.2, 0.25) is 0 Å². The third-order valence-corrected chi connectivity index (χ3v) is 3.78. The Morgan fingerprint density at radius 1 is 1.29 bits per heavy atom. The van der Waals surface area contributed by atoms with E-state index in [-0.39, 0.29) is 12.1 Å². The molecule has 80 valence electrons. The molecule has 14 heavy (non-hydrogen) atoms. The van der Waals surface area contributed by atoms with Crippen molar-refractivity contribution in [2.45, 2.75) is 44.1 Å². The molecule has 1 heterocycles. The van der Waals surface area contributed by atoms with Crippen molar-refractivity contribution in [3.8, 4) is 0 Å². The number of nitrogens with zero attached hydrogens (tertiary/aromatic N) is 1. The average molecular weight is 197 g/mol. The minimum atomic E-state index is -0.166. The van der Waals surface area contributed by atoms with E-state index in [0.717, 1.165) is 19.4 Å². The number of hydrogen-bond acceptors (Lipinski definition) is 3. The fourth-order valence-electron chi connectivity index (χ4n) is 3.04. The van der Waals surface area contributed by atoms with E-state index in [4.69, 9.17) is 5.11 Å². The van der Waals surface area contributed by atoms with E-state index in [0.29, 0.717) is 18.7 Å². The first-order valence-corrected chi connectivity index (χ1v) is 5.69. The van der Waals surface area contributed by atoms with E-state index >= 15 is 0 Å². The van der Waals surface area contributed by atoms with Crippen molar-refractivity contribution in [2.75, 3.05) is 19.7 Å². The van der Waals surface area contributed by atoms with Crippen molar-refractivity contribution in [3.05, 3.63) is 0 Å². The third-order valence-electron chi connectivity index (χ3n) is 3.78. The maximum atomic E-state index is 11.9. The molecule has 0 aromatic carbocycles. The maximum absolute atomic E-state index is 11.9. The molecule has 2 rings (SSSR count). The standard InChI is InChI=1S/C11H19NO2/c13-9-8-12-7-4-10(14)11(12)5-2-1-3-6-11/h13H,1-9H2. The smallest absolute Gasteiger partial charge is 0.154 e. The molecule has 2 fully saturated rings. The van der Waals surface area contributed by atoms with Crippen molar-refractivity contribution in [2.24, 2.45) is 0 Å². The molecule has 0 atom stereocenters. The number of ketones is 1. The lowest BCUT2D eigenvalue weighted by molar-refractivity contribution is -0.127. The maximum Gasteiger partial charge on any atom is 0.154 e. The zero-order valence-electron chi connectivity index (χ0n) is 8.67. The fraction of sp³-hybridized carbons (Fsp3) is 0.909. The van der Waals surface area contributed by atoms with Gasteiger partial charge in [-0.3, -0.25) is 9.69 Å². The molecule has 1 N–H and O–H groups in total. The summed E-state index contributed by atoms with van der Waals surface area (Å²) in [5, 5.41) is 8.97. The Bertz CT molecular complexity index is 221. The second-order valence-electron chi connectivity index (χ2n) is 4.48. The highest BCUT2D eigenvalue weighted by Crippen LogP contribution is 2.38. The van der Waals surface area contributed by atoms with Crippen LogP contribution in [0.2, 0.25) is 0 Å². The number of carbonyl (C=O) groups is 1. The molecular formula is C11H19NO2. The van der Waals surface area contributed by atoms with Crippen LogP contribution in [0, 0.1) is 0 Å². The summed E-state index contributed by atoms with van der Waals surface area (Å²) in [7, 11) is 0. The van der Waals surface area contributed by atoms with E-state index in [1.165, 1.54) is 19.3 Å². The number of aliphatic hydroxyl groups is 1. The minimum Gasteiger partial charge on any atom is -0.395 e. The summed E-state index contributed by atoms with van der Waals surface area (Å²) in [5.74, 6) is 0.422. The highest BCUT2D eigenvalue weighted by molar-refractivity contribution is 5.90. The van der Waals surface area contributed by atoms with E-state index < -0.39 is 0 Å². The van der Waals surface area contributed by atoms with Crippen LogP contribution in [0.4, 0.5) is 0 Å². The molecule has 3 heteroatoms.